The normalized spacial score (nSPS) is 17.5. The third-order valence-corrected chi connectivity index (χ3v) is 4.93. The van der Waals surface area contributed by atoms with Crippen LogP contribution in [0.4, 0.5) is 5.95 Å². The molecule has 1 aliphatic heterocycles. The van der Waals surface area contributed by atoms with Crippen molar-refractivity contribution in [2.45, 2.75) is 19.9 Å². The first kappa shape index (κ1) is 15.6. The Morgan fingerprint density at radius 1 is 1.36 bits per heavy atom. The van der Waals surface area contributed by atoms with Gasteiger partial charge in [-0.3, -0.25) is 14.0 Å². The molecule has 3 heterocycles. The quantitative estimate of drug-likeness (QED) is 0.770. The summed E-state index contributed by atoms with van der Waals surface area (Å²) in [5.74, 6) is 1.26. The molecule has 0 bridgehead atoms. The van der Waals surface area contributed by atoms with Gasteiger partial charge in [0, 0.05) is 37.6 Å². The van der Waals surface area contributed by atoms with E-state index in [4.69, 9.17) is 5.73 Å². The molecule has 1 fully saturated rings. The van der Waals surface area contributed by atoms with Crippen LogP contribution in [0.5, 0.6) is 0 Å². The van der Waals surface area contributed by atoms with Crippen LogP contribution < -0.4 is 10.6 Å². The van der Waals surface area contributed by atoms with Gasteiger partial charge in [-0.25, -0.2) is 0 Å². The zero-order valence-electron chi connectivity index (χ0n) is 14.4. The molecule has 0 radical (unpaired) electrons. The number of nitrogens with two attached hydrogens (primary N) is 1. The molecule has 0 saturated carbocycles. The largest absolute Gasteiger partial charge is 0.369 e. The molecule has 2 aromatic heterocycles. The van der Waals surface area contributed by atoms with E-state index in [0.717, 1.165) is 47.7 Å². The maximum absolute atomic E-state index is 11.4. The fourth-order valence-corrected chi connectivity index (χ4v) is 3.49. The van der Waals surface area contributed by atoms with Crippen molar-refractivity contribution in [1.82, 2.24) is 24.5 Å². The number of rotatable bonds is 4. The van der Waals surface area contributed by atoms with Gasteiger partial charge in [-0.2, -0.15) is 5.10 Å². The second kappa shape index (κ2) is 5.87. The molecular formula is C17H21N7O. The minimum atomic E-state index is -0.244. The predicted octanol–water partition coefficient (Wildman–Crippen LogP) is 1.16. The van der Waals surface area contributed by atoms with Crippen molar-refractivity contribution in [3.05, 3.63) is 24.4 Å². The van der Waals surface area contributed by atoms with Gasteiger partial charge in [-0.15, -0.1) is 10.2 Å². The monoisotopic (exact) mass is 339 g/mol. The van der Waals surface area contributed by atoms with Crippen LogP contribution in [-0.4, -0.2) is 43.5 Å². The van der Waals surface area contributed by atoms with E-state index in [9.17, 15) is 4.79 Å². The summed E-state index contributed by atoms with van der Waals surface area (Å²) in [7, 11) is 1.93. The van der Waals surface area contributed by atoms with E-state index in [1.165, 1.54) is 0 Å². The summed E-state index contributed by atoms with van der Waals surface area (Å²) < 4.78 is 3.94. The van der Waals surface area contributed by atoms with E-state index in [1.54, 1.807) is 0 Å². The third kappa shape index (κ3) is 2.54. The minimum Gasteiger partial charge on any atom is -0.369 e. The van der Waals surface area contributed by atoms with Gasteiger partial charge in [0.1, 0.15) is 0 Å². The van der Waals surface area contributed by atoms with Crippen LogP contribution in [0.25, 0.3) is 22.3 Å². The highest BCUT2D eigenvalue weighted by atomic mass is 16.1. The summed E-state index contributed by atoms with van der Waals surface area (Å²) in [5.41, 5.74) is 7.50. The Balaban J connectivity index is 1.72. The van der Waals surface area contributed by atoms with E-state index >= 15 is 0 Å². The molecule has 1 aromatic carbocycles. The summed E-state index contributed by atoms with van der Waals surface area (Å²) in [6, 6.07) is 6.17. The summed E-state index contributed by atoms with van der Waals surface area (Å²) in [5, 5.41) is 14.2. The van der Waals surface area contributed by atoms with Crippen molar-refractivity contribution in [2.24, 2.45) is 18.7 Å². The molecule has 130 valence electrons. The zero-order valence-corrected chi connectivity index (χ0v) is 14.4. The molecule has 25 heavy (non-hydrogen) atoms. The maximum atomic E-state index is 11.4. The lowest BCUT2D eigenvalue weighted by Gasteiger charge is -2.18. The number of aryl methyl sites for hydroxylation is 1. The Kier molecular flexibility index (Phi) is 3.67. The molecule has 1 atom stereocenters. The van der Waals surface area contributed by atoms with Crippen molar-refractivity contribution < 1.29 is 4.79 Å². The van der Waals surface area contributed by atoms with Crippen LogP contribution in [0.15, 0.2) is 24.4 Å². The minimum absolute atomic E-state index is 0.115. The predicted molar refractivity (Wildman–Crippen MR) is 94.9 cm³/mol. The highest BCUT2D eigenvalue weighted by molar-refractivity contribution is 5.83. The summed E-state index contributed by atoms with van der Waals surface area (Å²) >= 11 is 0. The average Bonchev–Trinajstić information content (AvgIpc) is 3.32. The lowest BCUT2D eigenvalue weighted by atomic mass is 10.1. The van der Waals surface area contributed by atoms with Crippen LogP contribution in [0.1, 0.15) is 13.3 Å². The number of anilines is 1. The zero-order chi connectivity index (χ0) is 17.6. The van der Waals surface area contributed by atoms with Gasteiger partial charge in [0.2, 0.25) is 11.9 Å². The first-order valence-corrected chi connectivity index (χ1v) is 8.48. The molecule has 1 unspecified atom stereocenters. The molecule has 1 aliphatic rings. The van der Waals surface area contributed by atoms with Gasteiger partial charge >= 0.3 is 0 Å². The molecule has 4 rings (SSSR count). The Hall–Kier alpha value is -2.90. The molecule has 2 N–H and O–H groups in total. The van der Waals surface area contributed by atoms with Crippen LogP contribution >= 0.6 is 0 Å². The number of carbonyl (C=O) groups excluding carboxylic acids is 1. The Bertz CT molecular complexity index is 942. The number of primary amides is 1. The van der Waals surface area contributed by atoms with Crippen molar-refractivity contribution in [1.29, 1.82) is 0 Å². The lowest BCUT2D eigenvalue weighted by molar-refractivity contribution is -0.121. The van der Waals surface area contributed by atoms with Crippen molar-refractivity contribution in [3.8, 4) is 11.4 Å². The standard InChI is InChI=1S/C17H21N7O/c1-3-24-16(11-4-5-12-9-19-22(2)14(12)8-11)20-21-17(24)23-7-6-13(10-23)15(18)25/h4-5,8-9,13H,3,6-7,10H2,1-2H3,(H2,18,25). The number of hydrogen-bond donors (Lipinski definition) is 1. The van der Waals surface area contributed by atoms with Crippen molar-refractivity contribution >= 4 is 22.8 Å². The van der Waals surface area contributed by atoms with Gasteiger partial charge in [-0.1, -0.05) is 12.1 Å². The SMILES string of the molecule is CCn1c(-c2ccc3cnn(C)c3c2)nnc1N1CCC(C(N)=O)C1. The topological polar surface area (TPSA) is 94.9 Å². The second-order valence-electron chi connectivity index (χ2n) is 6.44. The fourth-order valence-electron chi connectivity index (χ4n) is 3.49. The maximum Gasteiger partial charge on any atom is 0.227 e. The molecule has 8 heteroatoms. The second-order valence-corrected chi connectivity index (χ2v) is 6.44. The van der Waals surface area contributed by atoms with E-state index in [1.807, 2.05) is 30.1 Å². The van der Waals surface area contributed by atoms with Gasteiger partial charge < -0.3 is 10.6 Å². The van der Waals surface area contributed by atoms with E-state index in [-0.39, 0.29) is 11.8 Å². The van der Waals surface area contributed by atoms with Crippen molar-refractivity contribution in [3.63, 3.8) is 0 Å². The summed E-state index contributed by atoms with van der Waals surface area (Å²) in [4.78, 5) is 13.5. The molecule has 0 aliphatic carbocycles. The first-order chi connectivity index (χ1) is 12.1. The first-order valence-electron chi connectivity index (χ1n) is 8.48. The van der Waals surface area contributed by atoms with Crippen LogP contribution in [0, 0.1) is 5.92 Å². The number of hydrogen-bond acceptors (Lipinski definition) is 5. The highest BCUT2D eigenvalue weighted by Crippen LogP contribution is 2.28. The number of carbonyl (C=O) groups is 1. The van der Waals surface area contributed by atoms with E-state index in [0.29, 0.717) is 6.54 Å². The Morgan fingerprint density at radius 3 is 2.92 bits per heavy atom. The van der Waals surface area contributed by atoms with E-state index in [2.05, 4.69) is 37.8 Å². The van der Waals surface area contributed by atoms with E-state index < -0.39 is 0 Å². The highest BCUT2D eigenvalue weighted by Gasteiger charge is 2.30. The number of fused-ring (bicyclic) bond motifs is 1. The number of nitrogens with zero attached hydrogens (tertiary/aromatic N) is 6. The van der Waals surface area contributed by atoms with Gasteiger partial charge in [0.05, 0.1) is 17.6 Å². The number of amides is 1. The molecular weight excluding hydrogens is 318 g/mol. The average molecular weight is 339 g/mol. The smallest absolute Gasteiger partial charge is 0.227 e. The third-order valence-electron chi connectivity index (χ3n) is 4.93. The Morgan fingerprint density at radius 2 is 2.20 bits per heavy atom. The molecule has 1 amide bonds. The van der Waals surface area contributed by atoms with Crippen molar-refractivity contribution in [2.75, 3.05) is 18.0 Å². The van der Waals surface area contributed by atoms with Crippen LogP contribution in [-0.2, 0) is 18.4 Å². The molecule has 0 spiro atoms. The van der Waals surface area contributed by atoms with Crippen LogP contribution in [0.3, 0.4) is 0 Å². The number of benzene rings is 1. The fraction of sp³-hybridized carbons (Fsp3) is 0.412. The summed E-state index contributed by atoms with van der Waals surface area (Å²) in [6.45, 7) is 4.19. The Labute approximate surface area is 145 Å². The lowest BCUT2D eigenvalue weighted by Crippen LogP contribution is -2.28. The number of aromatic nitrogens is 5. The van der Waals surface area contributed by atoms with Gasteiger partial charge in [-0.05, 0) is 19.4 Å². The van der Waals surface area contributed by atoms with Gasteiger partial charge in [0.25, 0.3) is 0 Å². The molecule has 8 nitrogen and oxygen atoms in total. The van der Waals surface area contributed by atoms with Gasteiger partial charge in [0.15, 0.2) is 5.82 Å². The summed E-state index contributed by atoms with van der Waals surface area (Å²) in [6.07, 6.45) is 2.62. The molecule has 3 aromatic rings. The molecule has 1 saturated heterocycles. The van der Waals surface area contributed by atoms with Crippen LogP contribution in [0.2, 0.25) is 0 Å².